The fourth-order valence-corrected chi connectivity index (χ4v) is 2.39. The molecule has 0 radical (unpaired) electrons. The lowest BCUT2D eigenvalue weighted by Crippen LogP contribution is -2.00. The van der Waals surface area contributed by atoms with Gasteiger partial charge in [0.1, 0.15) is 12.1 Å². The van der Waals surface area contributed by atoms with E-state index in [4.69, 9.17) is 22.1 Å². The van der Waals surface area contributed by atoms with E-state index < -0.39 is 10.6 Å². The van der Waals surface area contributed by atoms with Gasteiger partial charge in [0.15, 0.2) is 6.29 Å². The molecule has 0 aromatic heterocycles. The number of rotatable bonds is 4. The van der Waals surface area contributed by atoms with Gasteiger partial charge >= 0.3 is 0 Å². The van der Waals surface area contributed by atoms with Crippen molar-refractivity contribution in [3.05, 3.63) is 74.8 Å². The SMILES string of the molecule is N#Cc1cc(C(C=O)=C(Cl)c2ccccc2)c([N+](=O)[O-])cc1C#N. The van der Waals surface area contributed by atoms with Crippen molar-refractivity contribution in [2.24, 2.45) is 0 Å². The zero-order valence-corrected chi connectivity index (χ0v) is 12.8. The molecule has 0 fully saturated rings. The Hall–Kier alpha value is -3.48. The molecule has 7 heteroatoms. The van der Waals surface area contributed by atoms with E-state index in [9.17, 15) is 14.9 Å². The second-order valence-electron chi connectivity index (χ2n) is 4.61. The third-order valence-electron chi connectivity index (χ3n) is 3.25. The summed E-state index contributed by atoms with van der Waals surface area (Å²) < 4.78 is 0. The zero-order chi connectivity index (χ0) is 17.7. The van der Waals surface area contributed by atoms with E-state index in [1.54, 1.807) is 42.5 Å². The van der Waals surface area contributed by atoms with Gasteiger partial charge in [0.05, 0.1) is 26.6 Å². The van der Waals surface area contributed by atoms with E-state index in [0.717, 1.165) is 12.1 Å². The highest BCUT2D eigenvalue weighted by atomic mass is 35.5. The molecule has 0 spiro atoms. The predicted octanol–water partition coefficient (Wildman–Crippen LogP) is 3.64. The molecule has 0 unspecified atom stereocenters. The maximum Gasteiger partial charge on any atom is 0.278 e. The first-order valence-electron chi connectivity index (χ1n) is 6.56. The highest BCUT2D eigenvalue weighted by molar-refractivity contribution is 6.55. The Morgan fingerprint density at radius 3 is 2.21 bits per heavy atom. The van der Waals surface area contributed by atoms with Gasteiger partial charge < -0.3 is 0 Å². The maximum absolute atomic E-state index is 11.5. The summed E-state index contributed by atoms with van der Waals surface area (Å²) in [6, 6.07) is 14.1. The van der Waals surface area contributed by atoms with Crippen LogP contribution in [0.15, 0.2) is 42.5 Å². The smallest absolute Gasteiger partial charge is 0.278 e. The van der Waals surface area contributed by atoms with E-state index in [1.807, 2.05) is 0 Å². The first-order chi connectivity index (χ1) is 11.5. The first kappa shape index (κ1) is 16.9. The summed E-state index contributed by atoms with van der Waals surface area (Å²) in [4.78, 5) is 22.1. The van der Waals surface area contributed by atoms with Crippen LogP contribution in [-0.4, -0.2) is 11.2 Å². The monoisotopic (exact) mass is 337 g/mol. The summed E-state index contributed by atoms with van der Waals surface area (Å²) in [6.07, 6.45) is 0.394. The topological polar surface area (TPSA) is 108 Å². The number of nitrogens with zero attached hydrogens (tertiary/aromatic N) is 3. The Bertz CT molecular complexity index is 938. The van der Waals surface area contributed by atoms with Gasteiger partial charge in [0.2, 0.25) is 0 Å². The number of aldehydes is 1. The van der Waals surface area contributed by atoms with Crippen LogP contribution in [0.1, 0.15) is 22.3 Å². The Kier molecular flexibility index (Phi) is 5.06. The van der Waals surface area contributed by atoms with Crippen molar-refractivity contribution in [2.75, 3.05) is 0 Å². The highest BCUT2D eigenvalue weighted by Crippen LogP contribution is 2.34. The minimum Gasteiger partial charge on any atom is -0.298 e. The molecule has 2 rings (SSSR count). The van der Waals surface area contributed by atoms with Gasteiger partial charge in [-0.05, 0) is 11.6 Å². The van der Waals surface area contributed by atoms with Crippen molar-refractivity contribution in [1.82, 2.24) is 0 Å². The average molecular weight is 338 g/mol. The average Bonchev–Trinajstić information content (AvgIpc) is 2.62. The van der Waals surface area contributed by atoms with Gasteiger partial charge in [-0.2, -0.15) is 10.5 Å². The van der Waals surface area contributed by atoms with E-state index in [2.05, 4.69) is 0 Å². The van der Waals surface area contributed by atoms with Gasteiger partial charge in [0, 0.05) is 11.6 Å². The standard InChI is InChI=1S/C17H8ClN3O3/c18-17(11-4-2-1-3-5-11)15(10-22)14-6-12(8-19)13(9-20)7-16(14)21(23)24/h1-7,10H. The Morgan fingerprint density at radius 1 is 1.12 bits per heavy atom. The van der Waals surface area contributed by atoms with Crippen LogP contribution in [0, 0.1) is 32.8 Å². The van der Waals surface area contributed by atoms with Crippen LogP contribution in [0.5, 0.6) is 0 Å². The molecular formula is C17H8ClN3O3. The normalized spacial score (nSPS) is 11.0. The molecule has 0 aliphatic rings. The van der Waals surface area contributed by atoms with E-state index >= 15 is 0 Å². The molecule has 0 saturated carbocycles. The van der Waals surface area contributed by atoms with Crippen LogP contribution < -0.4 is 0 Å². The van der Waals surface area contributed by atoms with Crippen molar-refractivity contribution in [1.29, 1.82) is 10.5 Å². The molecule has 0 heterocycles. The number of halogens is 1. The number of allylic oxidation sites excluding steroid dienone is 1. The predicted molar refractivity (Wildman–Crippen MR) is 87.7 cm³/mol. The van der Waals surface area contributed by atoms with Crippen LogP contribution in [0.3, 0.4) is 0 Å². The fourth-order valence-electron chi connectivity index (χ4n) is 2.11. The Morgan fingerprint density at radius 2 is 1.71 bits per heavy atom. The molecule has 0 bridgehead atoms. The molecule has 6 nitrogen and oxygen atoms in total. The molecule has 2 aromatic carbocycles. The van der Waals surface area contributed by atoms with Crippen LogP contribution in [0.25, 0.3) is 10.6 Å². The van der Waals surface area contributed by atoms with Crippen molar-refractivity contribution in [3.8, 4) is 12.1 Å². The quantitative estimate of drug-likeness (QED) is 0.278. The number of hydrogen-bond donors (Lipinski definition) is 0. The molecule has 0 N–H and O–H groups in total. The van der Waals surface area contributed by atoms with Gasteiger partial charge in [-0.25, -0.2) is 0 Å². The Labute approximate surface area is 142 Å². The molecule has 0 atom stereocenters. The van der Waals surface area contributed by atoms with Gasteiger partial charge in [-0.15, -0.1) is 0 Å². The van der Waals surface area contributed by atoms with Crippen LogP contribution in [0.4, 0.5) is 5.69 Å². The van der Waals surface area contributed by atoms with Gasteiger partial charge in [0.25, 0.3) is 5.69 Å². The Balaban J connectivity index is 2.82. The van der Waals surface area contributed by atoms with Crippen molar-refractivity contribution < 1.29 is 9.72 Å². The molecule has 0 aliphatic heterocycles. The minimum absolute atomic E-state index is 0.0160. The van der Waals surface area contributed by atoms with Crippen molar-refractivity contribution in [2.45, 2.75) is 0 Å². The molecule has 2 aromatic rings. The lowest BCUT2D eigenvalue weighted by Gasteiger charge is -2.08. The van der Waals surface area contributed by atoms with Crippen molar-refractivity contribution in [3.63, 3.8) is 0 Å². The third-order valence-corrected chi connectivity index (χ3v) is 3.67. The van der Waals surface area contributed by atoms with E-state index in [1.165, 1.54) is 0 Å². The lowest BCUT2D eigenvalue weighted by atomic mass is 9.97. The largest absolute Gasteiger partial charge is 0.298 e. The number of nitriles is 2. The number of nitro groups is 1. The molecule has 116 valence electrons. The lowest BCUT2D eigenvalue weighted by molar-refractivity contribution is -0.385. The number of hydrogen-bond acceptors (Lipinski definition) is 5. The third kappa shape index (κ3) is 3.14. The highest BCUT2D eigenvalue weighted by Gasteiger charge is 2.23. The van der Waals surface area contributed by atoms with E-state index in [0.29, 0.717) is 11.8 Å². The summed E-state index contributed by atoms with van der Waals surface area (Å²) in [7, 11) is 0. The van der Waals surface area contributed by atoms with Crippen LogP contribution >= 0.6 is 11.6 Å². The number of carbonyl (C=O) groups is 1. The number of carbonyl (C=O) groups excluding carboxylic acids is 1. The summed E-state index contributed by atoms with van der Waals surface area (Å²) in [5.74, 6) is 0. The second kappa shape index (κ2) is 7.19. The zero-order valence-electron chi connectivity index (χ0n) is 12.1. The van der Waals surface area contributed by atoms with E-state index in [-0.39, 0.29) is 27.3 Å². The number of benzene rings is 2. The molecule has 0 saturated heterocycles. The summed E-state index contributed by atoms with van der Waals surface area (Å²) in [5.41, 5.74) is -0.431. The number of nitro benzene ring substituents is 1. The first-order valence-corrected chi connectivity index (χ1v) is 6.94. The van der Waals surface area contributed by atoms with Crippen LogP contribution in [0.2, 0.25) is 0 Å². The molecular weight excluding hydrogens is 330 g/mol. The summed E-state index contributed by atoms with van der Waals surface area (Å²) >= 11 is 6.23. The molecule has 0 amide bonds. The molecule has 24 heavy (non-hydrogen) atoms. The van der Waals surface area contributed by atoms with Gasteiger partial charge in [-0.3, -0.25) is 14.9 Å². The maximum atomic E-state index is 11.5. The summed E-state index contributed by atoms with van der Waals surface area (Å²) in [6.45, 7) is 0. The summed E-state index contributed by atoms with van der Waals surface area (Å²) in [5, 5.41) is 29.4. The fraction of sp³-hybridized carbons (Fsp3) is 0. The minimum atomic E-state index is -0.726. The molecule has 0 aliphatic carbocycles. The van der Waals surface area contributed by atoms with Crippen molar-refractivity contribution >= 4 is 34.2 Å². The second-order valence-corrected chi connectivity index (χ2v) is 4.99. The van der Waals surface area contributed by atoms with Crippen LogP contribution in [-0.2, 0) is 4.79 Å². The van der Waals surface area contributed by atoms with Gasteiger partial charge in [-0.1, -0.05) is 41.9 Å².